The van der Waals surface area contributed by atoms with Gasteiger partial charge in [0.25, 0.3) is 0 Å². The van der Waals surface area contributed by atoms with Gasteiger partial charge in [-0.15, -0.1) is 0 Å². The number of amides is 1. The van der Waals surface area contributed by atoms with Crippen molar-refractivity contribution in [3.05, 3.63) is 0 Å². The van der Waals surface area contributed by atoms with Gasteiger partial charge in [-0.3, -0.25) is 14.4 Å². The van der Waals surface area contributed by atoms with E-state index < -0.39 is 30.3 Å². The summed E-state index contributed by atoms with van der Waals surface area (Å²) in [7, 11) is 0. The van der Waals surface area contributed by atoms with Gasteiger partial charge in [-0.1, -0.05) is 20.8 Å². The average molecular weight is 302 g/mol. The van der Waals surface area contributed by atoms with Crippen LogP contribution in [-0.4, -0.2) is 40.6 Å². The molecule has 7 heteroatoms. The molecule has 0 aliphatic rings. The molecule has 0 aromatic rings. The Morgan fingerprint density at radius 1 is 1.10 bits per heavy atom. The van der Waals surface area contributed by atoms with Crippen molar-refractivity contribution in [3.63, 3.8) is 0 Å². The predicted octanol–water partition coefficient (Wildman–Crippen LogP) is 0.822. The average Bonchev–Trinajstić information content (AvgIpc) is 2.30. The largest absolute Gasteiger partial charge is 0.481 e. The molecule has 2 unspecified atom stereocenters. The van der Waals surface area contributed by atoms with Crippen molar-refractivity contribution >= 4 is 17.8 Å². The Labute approximate surface area is 124 Å². The third-order valence-electron chi connectivity index (χ3n) is 3.45. The van der Waals surface area contributed by atoms with E-state index in [0.29, 0.717) is 19.4 Å². The van der Waals surface area contributed by atoms with Crippen LogP contribution in [0.4, 0.5) is 0 Å². The number of nitrogens with two attached hydrogens (primary N) is 1. The van der Waals surface area contributed by atoms with Gasteiger partial charge in [-0.25, -0.2) is 0 Å². The third kappa shape index (κ3) is 9.01. The third-order valence-corrected chi connectivity index (χ3v) is 3.45. The summed E-state index contributed by atoms with van der Waals surface area (Å²) in [6.45, 7) is 6.43. The molecule has 0 aliphatic carbocycles. The Bertz CT molecular complexity index is 376. The summed E-state index contributed by atoms with van der Waals surface area (Å²) in [4.78, 5) is 32.7. The van der Waals surface area contributed by atoms with Gasteiger partial charge < -0.3 is 21.3 Å². The van der Waals surface area contributed by atoms with Crippen LogP contribution in [0.1, 0.15) is 46.5 Å². The van der Waals surface area contributed by atoms with E-state index in [9.17, 15) is 14.4 Å². The van der Waals surface area contributed by atoms with Crippen molar-refractivity contribution in [1.82, 2.24) is 5.32 Å². The minimum atomic E-state index is -1.12. The molecule has 0 radical (unpaired) electrons. The fourth-order valence-electron chi connectivity index (χ4n) is 2.09. The maximum atomic E-state index is 11.6. The Balaban J connectivity index is 4.27. The predicted molar refractivity (Wildman–Crippen MR) is 77.7 cm³/mol. The normalized spacial score (nSPS) is 14.3. The van der Waals surface area contributed by atoms with E-state index in [1.807, 2.05) is 20.8 Å². The molecule has 0 aliphatic heterocycles. The smallest absolute Gasteiger partial charge is 0.305 e. The molecule has 0 saturated heterocycles. The van der Waals surface area contributed by atoms with Crippen molar-refractivity contribution in [3.8, 4) is 0 Å². The van der Waals surface area contributed by atoms with E-state index in [1.54, 1.807) is 0 Å². The van der Waals surface area contributed by atoms with Crippen molar-refractivity contribution in [2.45, 2.75) is 52.5 Å². The molecule has 0 aromatic carbocycles. The number of carbonyl (C=O) groups is 3. The Hall–Kier alpha value is -1.63. The molecule has 0 spiro atoms. The topological polar surface area (TPSA) is 130 Å². The van der Waals surface area contributed by atoms with Gasteiger partial charge in [0.2, 0.25) is 5.91 Å². The highest BCUT2D eigenvalue weighted by Crippen LogP contribution is 2.32. The van der Waals surface area contributed by atoms with E-state index in [-0.39, 0.29) is 17.8 Å². The summed E-state index contributed by atoms with van der Waals surface area (Å²) < 4.78 is 0. The van der Waals surface area contributed by atoms with Crippen molar-refractivity contribution in [1.29, 1.82) is 0 Å². The second-order valence-corrected chi connectivity index (χ2v) is 6.28. The summed E-state index contributed by atoms with van der Waals surface area (Å²) in [5.41, 5.74) is 5.38. The number of hydrogen-bond donors (Lipinski definition) is 4. The Morgan fingerprint density at radius 2 is 1.67 bits per heavy atom. The van der Waals surface area contributed by atoms with Gasteiger partial charge in [-0.05, 0) is 24.2 Å². The second kappa shape index (κ2) is 8.61. The van der Waals surface area contributed by atoms with Crippen LogP contribution in [0, 0.1) is 11.3 Å². The zero-order valence-electron chi connectivity index (χ0n) is 12.9. The van der Waals surface area contributed by atoms with Crippen LogP contribution in [0.2, 0.25) is 0 Å². The summed E-state index contributed by atoms with van der Waals surface area (Å²) in [5, 5.41) is 19.9. The number of hydrogen-bond acceptors (Lipinski definition) is 4. The van der Waals surface area contributed by atoms with Crippen LogP contribution in [0.15, 0.2) is 0 Å². The highest BCUT2D eigenvalue weighted by atomic mass is 16.4. The van der Waals surface area contributed by atoms with E-state index >= 15 is 0 Å². The first-order valence-electron chi connectivity index (χ1n) is 7.01. The zero-order valence-corrected chi connectivity index (χ0v) is 12.9. The molecule has 2 atom stereocenters. The maximum absolute atomic E-state index is 11.6. The molecule has 122 valence electrons. The van der Waals surface area contributed by atoms with Gasteiger partial charge in [0.15, 0.2) is 0 Å². The number of carboxylic acids is 2. The van der Waals surface area contributed by atoms with E-state index in [0.717, 1.165) is 0 Å². The van der Waals surface area contributed by atoms with Crippen molar-refractivity contribution < 1.29 is 24.6 Å². The monoisotopic (exact) mass is 302 g/mol. The molecule has 0 bridgehead atoms. The molecule has 7 nitrogen and oxygen atoms in total. The maximum Gasteiger partial charge on any atom is 0.305 e. The molecule has 0 heterocycles. The lowest BCUT2D eigenvalue weighted by Gasteiger charge is -2.30. The molecule has 1 amide bonds. The van der Waals surface area contributed by atoms with Crippen LogP contribution in [0.3, 0.4) is 0 Å². The summed E-state index contributed by atoms with van der Waals surface area (Å²) >= 11 is 0. The fraction of sp³-hybridized carbons (Fsp3) is 0.786. The van der Waals surface area contributed by atoms with Crippen molar-refractivity contribution in [2.75, 3.05) is 6.54 Å². The lowest BCUT2D eigenvalue weighted by molar-refractivity contribution is -0.139. The van der Waals surface area contributed by atoms with Crippen LogP contribution in [0.5, 0.6) is 0 Å². The summed E-state index contributed by atoms with van der Waals surface area (Å²) in [6, 6.07) is -1.06. The SMILES string of the molecule is CC(C)(C)C(CCNC(=O)C(N)CC(=O)O)CCC(=O)O. The molecule has 21 heavy (non-hydrogen) atoms. The van der Waals surface area contributed by atoms with E-state index in [4.69, 9.17) is 15.9 Å². The van der Waals surface area contributed by atoms with Gasteiger partial charge in [-0.2, -0.15) is 0 Å². The van der Waals surface area contributed by atoms with Crippen molar-refractivity contribution in [2.24, 2.45) is 17.1 Å². The van der Waals surface area contributed by atoms with Gasteiger partial charge >= 0.3 is 11.9 Å². The van der Waals surface area contributed by atoms with Crippen LogP contribution >= 0.6 is 0 Å². The summed E-state index contributed by atoms with van der Waals surface area (Å²) in [6.07, 6.45) is 0.847. The highest BCUT2D eigenvalue weighted by Gasteiger charge is 2.25. The molecule has 0 aromatic heterocycles. The molecule has 0 rings (SSSR count). The molecule has 0 saturated carbocycles. The van der Waals surface area contributed by atoms with Gasteiger partial charge in [0.1, 0.15) is 0 Å². The van der Waals surface area contributed by atoms with Gasteiger partial charge in [0, 0.05) is 13.0 Å². The first kappa shape index (κ1) is 19.4. The summed E-state index contributed by atoms with van der Waals surface area (Å²) in [5.74, 6) is -2.31. The van der Waals surface area contributed by atoms with Crippen LogP contribution in [0.25, 0.3) is 0 Å². The number of carbonyl (C=O) groups excluding carboxylic acids is 1. The molecule has 5 N–H and O–H groups in total. The molecule has 0 fully saturated rings. The van der Waals surface area contributed by atoms with E-state index in [2.05, 4.69) is 5.32 Å². The molecular weight excluding hydrogens is 276 g/mol. The second-order valence-electron chi connectivity index (χ2n) is 6.28. The Kier molecular flexibility index (Phi) is 7.94. The van der Waals surface area contributed by atoms with Crippen LogP contribution < -0.4 is 11.1 Å². The van der Waals surface area contributed by atoms with Gasteiger partial charge in [0.05, 0.1) is 12.5 Å². The Morgan fingerprint density at radius 3 is 2.10 bits per heavy atom. The van der Waals surface area contributed by atoms with E-state index in [1.165, 1.54) is 0 Å². The quantitative estimate of drug-likeness (QED) is 0.499. The number of carboxylic acid groups (broad SMARTS) is 2. The first-order chi connectivity index (χ1) is 9.54. The molecular formula is C14H26N2O5. The van der Waals surface area contributed by atoms with Crippen LogP contribution in [-0.2, 0) is 14.4 Å². The number of aliphatic carboxylic acids is 2. The lowest BCUT2D eigenvalue weighted by Crippen LogP contribution is -2.42. The standard InChI is InChI=1S/C14H26N2O5/c1-14(2,3)9(4-5-11(17)18)6-7-16-13(21)10(15)8-12(19)20/h9-10H,4-8,15H2,1-3H3,(H,16,21)(H,17,18)(H,19,20). The zero-order chi connectivity index (χ0) is 16.6. The fourth-order valence-corrected chi connectivity index (χ4v) is 2.09. The highest BCUT2D eigenvalue weighted by molar-refractivity contribution is 5.85. The first-order valence-corrected chi connectivity index (χ1v) is 7.01. The lowest BCUT2D eigenvalue weighted by atomic mass is 9.76. The minimum absolute atomic E-state index is 0.0661. The number of rotatable bonds is 9. The minimum Gasteiger partial charge on any atom is -0.481 e. The number of nitrogens with one attached hydrogen (secondary N) is 1.